The Labute approximate surface area is 278 Å². The molecular formula is C45H29N3. The molecule has 0 saturated heterocycles. The third-order valence-corrected chi connectivity index (χ3v) is 9.12. The lowest BCUT2D eigenvalue weighted by Crippen LogP contribution is -2.01. The standard InChI is InChI=1S/C45H29N3/c1-2-13-33(14-3-1)43-46-44(48-45(47-43)42-29-35-15-5-7-20-39(35)40-21-8-9-22-41(40)42)36-18-10-17-34(28-36)30-24-26-32(27-25-30)38-23-11-16-31-12-4-6-19-37(31)38/h1-29H. The third kappa shape index (κ3) is 4.99. The highest BCUT2D eigenvalue weighted by Crippen LogP contribution is 2.36. The van der Waals surface area contributed by atoms with Crippen molar-refractivity contribution in [3.05, 3.63) is 176 Å². The van der Waals surface area contributed by atoms with Crippen molar-refractivity contribution in [2.45, 2.75) is 0 Å². The Bertz CT molecular complexity index is 2600. The van der Waals surface area contributed by atoms with Crippen molar-refractivity contribution in [3.63, 3.8) is 0 Å². The molecule has 0 radical (unpaired) electrons. The van der Waals surface area contributed by atoms with Crippen LogP contribution >= 0.6 is 0 Å². The number of hydrogen-bond acceptors (Lipinski definition) is 3. The van der Waals surface area contributed by atoms with Crippen molar-refractivity contribution in [2.24, 2.45) is 0 Å². The van der Waals surface area contributed by atoms with Gasteiger partial charge in [0.2, 0.25) is 0 Å². The molecule has 0 aliphatic rings. The summed E-state index contributed by atoms with van der Waals surface area (Å²) in [5, 5.41) is 7.18. The summed E-state index contributed by atoms with van der Waals surface area (Å²) in [5.74, 6) is 1.95. The molecule has 0 aliphatic carbocycles. The second-order valence-corrected chi connectivity index (χ2v) is 12.0. The average molecular weight is 612 g/mol. The van der Waals surface area contributed by atoms with E-state index in [9.17, 15) is 0 Å². The molecule has 0 bridgehead atoms. The minimum absolute atomic E-state index is 0.644. The van der Waals surface area contributed by atoms with E-state index in [0.29, 0.717) is 17.5 Å². The summed E-state index contributed by atoms with van der Waals surface area (Å²) < 4.78 is 0. The Balaban J connectivity index is 1.16. The topological polar surface area (TPSA) is 38.7 Å². The fourth-order valence-electron chi connectivity index (χ4n) is 6.74. The highest BCUT2D eigenvalue weighted by Gasteiger charge is 2.16. The highest BCUT2D eigenvalue weighted by atomic mass is 15.0. The van der Waals surface area contributed by atoms with Gasteiger partial charge in [-0.3, -0.25) is 0 Å². The molecule has 0 spiro atoms. The van der Waals surface area contributed by atoms with Gasteiger partial charge in [0.05, 0.1) is 0 Å². The van der Waals surface area contributed by atoms with Crippen LogP contribution in [0.1, 0.15) is 0 Å². The zero-order valence-corrected chi connectivity index (χ0v) is 26.1. The Hall–Kier alpha value is -6.45. The maximum Gasteiger partial charge on any atom is 0.164 e. The number of rotatable bonds is 5. The first kappa shape index (κ1) is 27.8. The van der Waals surface area contributed by atoms with Gasteiger partial charge in [-0.2, -0.15) is 0 Å². The lowest BCUT2D eigenvalue weighted by molar-refractivity contribution is 1.08. The van der Waals surface area contributed by atoms with E-state index in [-0.39, 0.29) is 0 Å². The van der Waals surface area contributed by atoms with E-state index in [1.807, 2.05) is 18.2 Å². The summed E-state index contributed by atoms with van der Waals surface area (Å²) in [6, 6.07) is 61.7. The fourth-order valence-corrected chi connectivity index (χ4v) is 6.74. The van der Waals surface area contributed by atoms with Gasteiger partial charge < -0.3 is 0 Å². The second kappa shape index (κ2) is 11.7. The molecule has 0 amide bonds. The maximum atomic E-state index is 5.15. The first-order chi connectivity index (χ1) is 23.8. The SMILES string of the molecule is c1ccc(-c2nc(-c3cccc(-c4ccc(-c5cccc6ccccc56)cc4)c3)nc(-c3cc4ccccc4c4ccccc34)n2)cc1. The summed E-state index contributed by atoms with van der Waals surface area (Å²) in [7, 11) is 0. The number of nitrogens with zero attached hydrogens (tertiary/aromatic N) is 3. The first-order valence-corrected chi connectivity index (χ1v) is 16.2. The first-order valence-electron chi connectivity index (χ1n) is 16.2. The van der Waals surface area contributed by atoms with E-state index in [1.54, 1.807) is 0 Å². The molecule has 0 saturated carbocycles. The lowest BCUT2D eigenvalue weighted by atomic mass is 9.95. The fraction of sp³-hybridized carbons (Fsp3) is 0. The Kier molecular flexibility index (Phi) is 6.80. The van der Waals surface area contributed by atoms with E-state index < -0.39 is 0 Å². The molecule has 224 valence electrons. The quantitative estimate of drug-likeness (QED) is 0.182. The zero-order valence-electron chi connectivity index (χ0n) is 26.1. The van der Waals surface area contributed by atoms with E-state index >= 15 is 0 Å². The van der Waals surface area contributed by atoms with Crippen LogP contribution in [-0.4, -0.2) is 15.0 Å². The lowest BCUT2D eigenvalue weighted by Gasteiger charge is -2.13. The second-order valence-electron chi connectivity index (χ2n) is 12.0. The van der Waals surface area contributed by atoms with Gasteiger partial charge in [0.25, 0.3) is 0 Å². The maximum absolute atomic E-state index is 5.15. The average Bonchev–Trinajstić information content (AvgIpc) is 3.17. The van der Waals surface area contributed by atoms with Crippen molar-refractivity contribution in [1.82, 2.24) is 15.0 Å². The molecule has 0 fully saturated rings. The van der Waals surface area contributed by atoms with Gasteiger partial charge in [0, 0.05) is 16.7 Å². The van der Waals surface area contributed by atoms with Crippen molar-refractivity contribution in [2.75, 3.05) is 0 Å². The van der Waals surface area contributed by atoms with Crippen LogP contribution in [-0.2, 0) is 0 Å². The van der Waals surface area contributed by atoms with Crippen LogP contribution in [0.25, 0.3) is 88.7 Å². The van der Waals surface area contributed by atoms with Gasteiger partial charge in [-0.25, -0.2) is 15.0 Å². The highest BCUT2D eigenvalue weighted by molar-refractivity contribution is 6.13. The summed E-state index contributed by atoms with van der Waals surface area (Å²) in [5.41, 5.74) is 7.56. The molecule has 0 atom stereocenters. The summed E-state index contributed by atoms with van der Waals surface area (Å²) in [6.45, 7) is 0. The predicted octanol–water partition coefficient (Wildman–Crippen LogP) is 11.7. The number of benzene rings is 8. The molecule has 8 aromatic carbocycles. The molecule has 48 heavy (non-hydrogen) atoms. The molecule has 9 aromatic rings. The van der Waals surface area contributed by atoms with Crippen LogP contribution in [0.5, 0.6) is 0 Å². The van der Waals surface area contributed by atoms with Gasteiger partial charge in [-0.15, -0.1) is 0 Å². The van der Waals surface area contributed by atoms with Gasteiger partial charge in [-0.05, 0) is 66.7 Å². The molecule has 1 heterocycles. The largest absolute Gasteiger partial charge is 0.208 e. The van der Waals surface area contributed by atoms with Crippen molar-refractivity contribution < 1.29 is 0 Å². The third-order valence-electron chi connectivity index (χ3n) is 9.12. The molecule has 0 N–H and O–H groups in total. The monoisotopic (exact) mass is 611 g/mol. The van der Waals surface area contributed by atoms with E-state index in [2.05, 4.69) is 158 Å². The molecule has 0 aliphatic heterocycles. The van der Waals surface area contributed by atoms with Crippen LogP contribution in [0.3, 0.4) is 0 Å². The number of hydrogen-bond donors (Lipinski definition) is 0. The Morgan fingerprint density at radius 3 is 1.60 bits per heavy atom. The Morgan fingerprint density at radius 2 is 0.792 bits per heavy atom. The van der Waals surface area contributed by atoms with Crippen LogP contribution in [0.15, 0.2) is 176 Å². The van der Waals surface area contributed by atoms with E-state index in [0.717, 1.165) is 38.6 Å². The molecule has 3 nitrogen and oxygen atoms in total. The smallest absolute Gasteiger partial charge is 0.164 e. The van der Waals surface area contributed by atoms with E-state index in [4.69, 9.17) is 15.0 Å². The van der Waals surface area contributed by atoms with Crippen molar-refractivity contribution in [3.8, 4) is 56.4 Å². The minimum atomic E-state index is 0.644. The molecule has 1 aromatic heterocycles. The molecule has 9 rings (SSSR count). The summed E-state index contributed by atoms with van der Waals surface area (Å²) in [6.07, 6.45) is 0. The van der Waals surface area contributed by atoms with Gasteiger partial charge in [0.1, 0.15) is 0 Å². The van der Waals surface area contributed by atoms with E-state index in [1.165, 1.54) is 32.7 Å². The van der Waals surface area contributed by atoms with Gasteiger partial charge >= 0.3 is 0 Å². The normalized spacial score (nSPS) is 11.3. The van der Waals surface area contributed by atoms with Crippen LogP contribution in [0.4, 0.5) is 0 Å². The zero-order chi connectivity index (χ0) is 31.9. The summed E-state index contributed by atoms with van der Waals surface area (Å²) in [4.78, 5) is 15.3. The van der Waals surface area contributed by atoms with Gasteiger partial charge in [0.15, 0.2) is 17.5 Å². The number of fused-ring (bicyclic) bond motifs is 4. The molecule has 0 unspecified atom stereocenters. The van der Waals surface area contributed by atoms with Crippen LogP contribution < -0.4 is 0 Å². The van der Waals surface area contributed by atoms with Crippen molar-refractivity contribution in [1.29, 1.82) is 0 Å². The van der Waals surface area contributed by atoms with Crippen molar-refractivity contribution >= 4 is 32.3 Å². The van der Waals surface area contributed by atoms with Crippen LogP contribution in [0, 0.1) is 0 Å². The number of aromatic nitrogens is 3. The summed E-state index contributed by atoms with van der Waals surface area (Å²) >= 11 is 0. The van der Waals surface area contributed by atoms with Crippen LogP contribution in [0.2, 0.25) is 0 Å². The van der Waals surface area contributed by atoms with Gasteiger partial charge in [-0.1, -0.05) is 164 Å². The predicted molar refractivity (Wildman–Crippen MR) is 200 cm³/mol. The molecule has 3 heteroatoms. The minimum Gasteiger partial charge on any atom is -0.208 e. The Morgan fingerprint density at radius 1 is 0.250 bits per heavy atom. The molecular weight excluding hydrogens is 583 g/mol.